The molecule has 1 aliphatic rings. The second-order valence-corrected chi connectivity index (χ2v) is 7.37. The lowest BCUT2D eigenvalue weighted by molar-refractivity contribution is 0.321. The van der Waals surface area contributed by atoms with Crippen LogP contribution in [0.4, 0.5) is 0 Å². The average molecular weight is 366 g/mol. The summed E-state index contributed by atoms with van der Waals surface area (Å²) in [4.78, 5) is 2.41. The van der Waals surface area contributed by atoms with Crippen LogP contribution >= 0.6 is 0 Å². The summed E-state index contributed by atoms with van der Waals surface area (Å²) in [6.07, 6.45) is 8.03. The third kappa shape index (κ3) is 5.36. The van der Waals surface area contributed by atoms with Crippen LogP contribution < -0.4 is 9.47 Å². The summed E-state index contributed by atoms with van der Waals surface area (Å²) in [5.41, 5.74) is 5.72. The molecule has 0 saturated heterocycles. The Morgan fingerprint density at radius 2 is 1.63 bits per heavy atom. The van der Waals surface area contributed by atoms with Gasteiger partial charge in [0, 0.05) is 6.54 Å². The van der Waals surface area contributed by atoms with E-state index in [-0.39, 0.29) is 0 Å². The summed E-state index contributed by atoms with van der Waals surface area (Å²) >= 11 is 0. The van der Waals surface area contributed by atoms with Crippen molar-refractivity contribution in [2.45, 2.75) is 38.6 Å². The molecular formula is C24H31NO2. The molecule has 3 heteroatoms. The maximum atomic E-state index is 5.46. The van der Waals surface area contributed by atoms with Crippen molar-refractivity contribution in [1.29, 1.82) is 0 Å². The number of ether oxygens (including phenoxy) is 2. The fourth-order valence-electron chi connectivity index (χ4n) is 3.81. The number of benzene rings is 2. The van der Waals surface area contributed by atoms with Gasteiger partial charge in [-0.05, 0) is 74.5 Å². The second kappa shape index (κ2) is 9.61. The van der Waals surface area contributed by atoms with Crippen LogP contribution in [0.25, 0.3) is 0 Å². The standard InChI is InChI=1S/C24H31NO2/c1-25(18-20-8-5-4-6-9-20)15-7-10-19-11-13-21-16-23(26-2)24(27-3)17-22(21)14-12-19/h4-6,8-9,11,16-17H,7,10,12-15,18H2,1-3H3. The summed E-state index contributed by atoms with van der Waals surface area (Å²) < 4.78 is 10.9. The maximum absolute atomic E-state index is 5.46. The van der Waals surface area contributed by atoms with E-state index in [1.165, 1.54) is 29.5 Å². The molecule has 2 aromatic rings. The minimum absolute atomic E-state index is 0.829. The minimum atomic E-state index is 0.829. The molecule has 2 aromatic carbocycles. The minimum Gasteiger partial charge on any atom is -0.493 e. The van der Waals surface area contributed by atoms with Crippen LogP contribution in [0.3, 0.4) is 0 Å². The zero-order valence-corrected chi connectivity index (χ0v) is 16.8. The number of rotatable bonds is 8. The third-order valence-corrected chi connectivity index (χ3v) is 5.36. The first-order valence-electron chi connectivity index (χ1n) is 9.83. The first kappa shape index (κ1) is 19.5. The normalized spacial score (nSPS) is 13.7. The van der Waals surface area contributed by atoms with Gasteiger partial charge in [-0.1, -0.05) is 42.0 Å². The molecule has 0 atom stereocenters. The van der Waals surface area contributed by atoms with Crippen LogP contribution in [-0.2, 0) is 19.4 Å². The lowest BCUT2D eigenvalue weighted by Gasteiger charge is -2.17. The number of methoxy groups -OCH3 is 2. The second-order valence-electron chi connectivity index (χ2n) is 7.37. The lowest BCUT2D eigenvalue weighted by Crippen LogP contribution is -2.19. The summed E-state index contributed by atoms with van der Waals surface area (Å²) in [6.45, 7) is 2.14. The first-order valence-corrected chi connectivity index (χ1v) is 9.83. The van der Waals surface area contributed by atoms with Crippen molar-refractivity contribution >= 4 is 0 Å². The Morgan fingerprint density at radius 3 is 2.33 bits per heavy atom. The highest BCUT2D eigenvalue weighted by Gasteiger charge is 2.14. The van der Waals surface area contributed by atoms with Gasteiger partial charge in [0.25, 0.3) is 0 Å². The third-order valence-electron chi connectivity index (χ3n) is 5.36. The predicted octanol–water partition coefficient (Wildman–Crippen LogP) is 5.03. The number of hydrogen-bond donors (Lipinski definition) is 0. The Balaban J connectivity index is 1.51. The number of hydrogen-bond acceptors (Lipinski definition) is 3. The van der Waals surface area contributed by atoms with Gasteiger partial charge in [-0.15, -0.1) is 0 Å². The Morgan fingerprint density at radius 1 is 0.926 bits per heavy atom. The van der Waals surface area contributed by atoms with Crippen LogP contribution in [0.15, 0.2) is 54.1 Å². The van der Waals surface area contributed by atoms with Crippen LogP contribution in [0, 0.1) is 0 Å². The highest BCUT2D eigenvalue weighted by atomic mass is 16.5. The molecule has 0 aliphatic heterocycles. The van der Waals surface area contributed by atoms with Crippen LogP contribution in [0.5, 0.6) is 11.5 Å². The van der Waals surface area contributed by atoms with Gasteiger partial charge in [0.1, 0.15) is 0 Å². The van der Waals surface area contributed by atoms with Crippen molar-refractivity contribution < 1.29 is 9.47 Å². The molecule has 1 aliphatic carbocycles. The summed E-state index contributed by atoms with van der Waals surface area (Å²) in [7, 11) is 5.62. The zero-order chi connectivity index (χ0) is 19.1. The van der Waals surface area contributed by atoms with E-state index in [2.05, 4.69) is 60.5 Å². The number of allylic oxidation sites excluding steroid dienone is 2. The fourth-order valence-corrected chi connectivity index (χ4v) is 3.81. The van der Waals surface area contributed by atoms with Crippen molar-refractivity contribution in [3.63, 3.8) is 0 Å². The van der Waals surface area contributed by atoms with Gasteiger partial charge in [0.05, 0.1) is 14.2 Å². The van der Waals surface area contributed by atoms with Gasteiger partial charge in [0.2, 0.25) is 0 Å². The highest BCUT2D eigenvalue weighted by molar-refractivity contribution is 5.49. The molecular weight excluding hydrogens is 334 g/mol. The Bertz CT molecular complexity index is 767. The molecule has 0 N–H and O–H groups in total. The Hall–Kier alpha value is -2.26. The van der Waals surface area contributed by atoms with E-state index < -0.39 is 0 Å². The van der Waals surface area contributed by atoms with Gasteiger partial charge in [0.15, 0.2) is 11.5 Å². The SMILES string of the molecule is COc1cc2c(cc1OC)CCC(CCCN(C)Cc1ccccc1)=CC2. The maximum Gasteiger partial charge on any atom is 0.161 e. The smallest absolute Gasteiger partial charge is 0.161 e. The largest absolute Gasteiger partial charge is 0.493 e. The molecule has 144 valence electrons. The Kier molecular flexibility index (Phi) is 6.94. The van der Waals surface area contributed by atoms with Crippen LogP contribution in [0.1, 0.15) is 36.0 Å². The van der Waals surface area contributed by atoms with E-state index in [9.17, 15) is 0 Å². The molecule has 0 bridgehead atoms. The van der Waals surface area contributed by atoms with Gasteiger partial charge >= 0.3 is 0 Å². The quantitative estimate of drug-likeness (QED) is 0.612. The Labute approximate surface area is 163 Å². The fraction of sp³-hybridized carbons (Fsp3) is 0.417. The molecule has 0 aromatic heterocycles. The summed E-state index contributed by atoms with van der Waals surface area (Å²) in [5, 5.41) is 0. The number of aryl methyl sites for hydroxylation is 1. The van der Waals surface area contributed by atoms with Gasteiger partial charge in [-0.3, -0.25) is 0 Å². The van der Waals surface area contributed by atoms with Gasteiger partial charge < -0.3 is 14.4 Å². The summed E-state index contributed by atoms with van der Waals surface area (Å²) in [5.74, 6) is 1.66. The van der Waals surface area contributed by atoms with Crippen molar-refractivity contribution in [2.75, 3.05) is 27.8 Å². The highest BCUT2D eigenvalue weighted by Crippen LogP contribution is 2.33. The topological polar surface area (TPSA) is 21.7 Å². The van der Waals surface area contributed by atoms with E-state index >= 15 is 0 Å². The van der Waals surface area contributed by atoms with Crippen molar-refractivity contribution in [2.24, 2.45) is 0 Å². The average Bonchev–Trinajstić information content (AvgIpc) is 2.89. The monoisotopic (exact) mass is 365 g/mol. The van der Waals surface area contributed by atoms with Crippen molar-refractivity contribution in [3.8, 4) is 11.5 Å². The van der Waals surface area contributed by atoms with E-state index in [1.54, 1.807) is 19.8 Å². The van der Waals surface area contributed by atoms with Crippen molar-refractivity contribution in [3.05, 3.63) is 70.8 Å². The molecule has 0 heterocycles. The van der Waals surface area contributed by atoms with Crippen LogP contribution in [-0.4, -0.2) is 32.7 Å². The molecule has 0 fully saturated rings. The van der Waals surface area contributed by atoms with Crippen molar-refractivity contribution in [1.82, 2.24) is 4.90 Å². The number of nitrogens with zero attached hydrogens (tertiary/aromatic N) is 1. The predicted molar refractivity (Wildman–Crippen MR) is 112 cm³/mol. The van der Waals surface area contributed by atoms with E-state index in [1.807, 2.05) is 0 Å². The summed E-state index contributed by atoms with van der Waals surface area (Å²) in [6, 6.07) is 15.0. The molecule has 0 amide bonds. The van der Waals surface area contributed by atoms with Gasteiger partial charge in [-0.2, -0.15) is 0 Å². The molecule has 0 saturated carbocycles. The number of fused-ring (bicyclic) bond motifs is 1. The molecule has 0 radical (unpaired) electrons. The molecule has 27 heavy (non-hydrogen) atoms. The van der Waals surface area contributed by atoms with Crippen LogP contribution in [0.2, 0.25) is 0 Å². The molecule has 0 spiro atoms. The van der Waals surface area contributed by atoms with E-state index in [0.29, 0.717) is 0 Å². The van der Waals surface area contributed by atoms with Gasteiger partial charge in [-0.25, -0.2) is 0 Å². The van der Waals surface area contributed by atoms with E-state index in [0.717, 1.165) is 43.9 Å². The zero-order valence-electron chi connectivity index (χ0n) is 16.8. The molecule has 0 unspecified atom stereocenters. The first-order chi connectivity index (χ1) is 13.2. The lowest BCUT2D eigenvalue weighted by atomic mass is 10.0. The molecule has 3 rings (SSSR count). The van der Waals surface area contributed by atoms with E-state index in [4.69, 9.17) is 9.47 Å². The molecule has 3 nitrogen and oxygen atoms in total.